The molecular weight excluding hydrogens is 348 g/mol. The lowest BCUT2D eigenvalue weighted by Gasteiger charge is -2.10. The number of rotatable bonds is 2. The van der Waals surface area contributed by atoms with Crippen LogP contribution < -0.4 is 5.56 Å². The summed E-state index contributed by atoms with van der Waals surface area (Å²) in [4.78, 5) is 28.3. The predicted octanol–water partition coefficient (Wildman–Crippen LogP) is 3.11. The van der Waals surface area contributed by atoms with Gasteiger partial charge in [0.25, 0.3) is 5.56 Å². The zero-order valence-corrected chi connectivity index (χ0v) is 13.6. The van der Waals surface area contributed by atoms with Gasteiger partial charge in [-0.25, -0.2) is 4.98 Å². The van der Waals surface area contributed by atoms with Gasteiger partial charge in [-0.1, -0.05) is 6.07 Å². The Labute approximate surface area is 134 Å². The fourth-order valence-corrected chi connectivity index (χ4v) is 3.01. The lowest BCUT2D eigenvalue weighted by atomic mass is 10.00. The fourth-order valence-electron chi connectivity index (χ4n) is 2.46. The first-order valence-electron chi connectivity index (χ1n) is 6.73. The van der Waals surface area contributed by atoms with Crippen LogP contribution in [0.3, 0.4) is 0 Å². The molecule has 0 fully saturated rings. The molecule has 2 aromatic heterocycles. The second kappa shape index (κ2) is 5.21. The summed E-state index contributed by atoms with van der Waals surface area (Å²) in [6, 6.07) is 6.92. The first-order valence-corrected chi connectivity index (χ1v) is 7.53. The molecule has 0 aliphatic rings. The second-order valence-electron chi connectivity index (χ2n) is 5.29. The number of halogens is 1. The molecule has 0 aliphatic heterocycles. The van der Waals surface area contributed by atoms with Gasteiger partial charge in [0, 0.05) is 10.7 Å². The molecule has 0 radical (unpaired) electrons. The molecule has 3 aromatic rings. The second-order valence-corrected chi connectivity index (χ2v) is 6.20. The average molecular weight is 361 g/mol. The molecule has 0 spiro atoms. The predicted molar refractivity (Wildman–Crippen MR) is 87.5 cm³/mol. The van der Waals surface area contributed by atoms with Crippen LogP contribution in [-0.2, 0) is 4.79 Å². The van der Waals surface area contributed by atoms with Gasteiger partial charge in [0.1, 0.15) is 5.65 Å². The highest BCUT2D eigenvalue weighted by molar-refractivity contribution is 9.10. The van der Waals surface area contributed by atoms with Gasteiger partial charge in [0.15, 0.2) is 0 Å². The number of pyridine rings is 1. The van der Waals surface area contributed by atoms with Crippen molar-refractivity contribution in [2.45, 2.75) is 19.8 Å². The monoisotopic (exact) mass is 360 g/mol. The molecule has 22 heavy (non-hydrogen) atoms. The van der Waals surface area contributed by atoms with E-state index in [0.717, 1.165) is 10.0 Å². The summed E-state index contributed by atoms with van der Waals surface area (Å²) in [5.41, 5.74) is 2.43. The number of benzene rings is 1. The van der Waals surface area contributed by atoms with Crippen molar-refractivity contribution in [2.24, 2.45) is 0 Å². The molecule has 5 nitrogen and oxygen atoms in total. The molecule has 1 unspecified atom stereocenters. The Hall–Kier alpha value is -2.21. The molecule has 0 saturated heterocycles. The number of carbonyl (C=O) groups is 1. The van der Waals surface area contributed by atoms with Crippen LogP contribution in [-0.4, -0.2) is 20.5 Å². The van der Waals surface area contributed by atoms with E-state index in [0.29, 0.717) is 22.1 Å². The molecule has 1 N–H and O–H groups in total. The third kappa shape index (κ3) is 2.29. The van der Waals surface area contributed by atoms with Crippen LogP contribution in [0.4, 0.5) is 0 Å². The van der Waals surface area contributed by atoms with Crippen molar-refractivity contribution in [1.82, 2.24) is 9.38 Å². The Kier molecular flexibility index (Phi) is 3.48. The Balaban J connectivity index is 2.38. The number of carboxylic acid groups (broad SMARTS) is 1. The number of carboxylic acids is 1. The van der Waals surface area contributed by atoms with E-state index < -0.39 is 11.9 Å². The van der Waals surface area contributed by atoms with Crippen molar-refractivity contribution in [3.8, 4) is 0 Å². The lowest BCUT2D eigenvalue weighted by molar-refractivity contribution is -0.138. The number of hydrogen-bond donors (Lipinski definition) is 1. The van der Waals surface area contributed by atoms with Crippen LogP contribution in [0.5, 0.6) is 0 Å². The largest absolute Gasteiger partial charge is 0.481 e. The first kappa shape index (κ1) is 14.7. The molecule has 0 bridgehead atoms. The lowest BCUT2D eigenvalue weighted by Crippen LogP contribution is -2.17. The summed E-state index contributed by atoms with van der Waals surface area (Å²) < 4.78 is 2.27. The summed E-state index contributed by atoms with van der Waals surface area (Å²) in [6.07, 6.45) is 1.67. The first-order chi connectivity index (χ1) is 10.4. The highest BCUT2D eigenvalue weighted by Gasteiger charge is 2.16. The van der Waals surface area contributed by atoms with Crippen molar-refractivity contribution in [3.63, 3.8) is 0 Å². The van der Waals surface area contributed by atoms with Gasteiger partial charge in [-0.2, -0.15) is 0 Å². The van der Waals surface area contributed by atoms with Crippen LogP contribution in [0.25, 0.3) is 16.6 Å². The third-order valence-corrected chi connectivity index (χ3v) is 4.19. The number of aliphatic carboxylic acids is 1. The van der Waals surface area contributed by atoms with Crippen molar-refractivity contribution in [3.05, 3.63) is 56.4 Å². The number of fused-ring (bicyclic) bond motifs is 2. The van der Waals surface area contributed by atoms with E-state index in [9.17, 15) is 9.59 Å². The van der Waals surface area contributed by atoms with Crippen LogP contribution in [0.15, 0.2) is 39.7 Å². The van der Waals surface area contributed by atoms with Crippen LogP contribution in [0.2, 0.25) is 0 Å². The third-order valence-electron chi connectivity index (χ3n) is 3.75. The maximum atomic E-state index is 12.7. The van der Waals surface area contributed by atoms with Gasteiger partial charge >= 0.3 is 5.97 Å². The smallest absolute Gasteiger partial charge is 0.310 e. The van der Waals surface area contributed by atoms with Crippen molar-refractivity contribution >= 4 is 38.4 Å². The van der Waals surface area contributed by atoms with Crippen LogP contribution >= 0.6 is 15.9 Å². The zero-order chi connectivity index (χ0) is 16.0. The van der Waals surface area contributed by atoms with Gasteiger partial charge < -0.3 is 5.11 Å². The molecular formula is C16H13BrN2O3. The number of nitrogens with zero attached hydrogens (tertiary/aromatic N) is 2. The topological polar surface area (TPSA) is 71.7 Å². The minimum atomic E-state index is -0.924. The summed E-state index contributed by atoms with van der Waals surface area (Å²) in [6.45, 7) is 3.48. The summed E-state index contributed by atoms with van der Waals surface area (Å²) in [5, 5.41) is 9.53. The maximum Gasteiger partial charge on any atom is 0.310 e. The van der Waals surface area contributed by atoms with Gasteiger partial charge in [-0.05, 0) is 59.1 Å². The Morgan fingerprint density at radius 2 is 2.09 bits per heavy atom. The minimum absolute atomic E-state index is 0.205. The van der Waals surface area contributed by atoms with E-state index in [1.165, 1.54) is 4.40 Å². The molecule has 1 atom stereocenters. The Morgan fingerprint density at radius 3 is 2.77 bits per heavy atom. The molecule has 6 heteroatoms. The van der Waals surface area contributed by atoms with E-state index >= 15 is 0 Å². The minimum Gasteiger partial charge on any atom is -0.481 e. The van der Waals surface area contributed by atoms with E-state index in [1.54, 1.807) is 31.3 Å². The SMILES string of the molecule is Cc1cc(Br)cn2c(=O)c3cc(C(C)C(=O)O)ccc3nc12. The normalized spacial score (nSPS) is 12.7. The standard InChI is InChI=1S/C16H13BrN2O3/c1-8-5-11(17)7-19-14(8)18-13-4-3-10(9(2)16(21)22)6-12(13)15(19)20/h3-7,9H,1-2H3,(H,21,22). The Bertz CT molecular complexity index is 978. The highest BCUT2D eigenvalue weighted by atomic mass is 79.9. The molecule has 0 saturated carbocycles. The number of aromatic nitrogens is 2. The van der Waals surface area contributed by atoms with E-state index in [1.807, 2.05) is 13.0 Å². The fraction of sp³-hybridized carbons (Fsp3) is 0.188. The highest BCUT2D eigenvalue weighted by Crippen LogP contribution is 2.21. The maximum absolute atomic E-state index is 12.7. The van der Waals surface area contributed by atoms with Gasteiger partial charge in [-0.15, -0.1) is 0 Å². The van der Waals surface area contributed by atoms with E-state index in [-0.39, 0.29) is 5.56 Å². The zero-order valence-electron chi connectivity index (χ0n) is 12.0. The van der Waals surface area contributed by atoms with E-state index in [4.69, 9.17) is 5.11 Å². The summed E-state index contributed by atoms with van der Waals surface area (Å²) in [5.74, 6) is -1.60. The molecule has 1 aromatic carbocycles. The van der Waals surface area contributed by atoms with Crippen molar-refractivity contribution in [1.29, 1.82) is 0 Å². The summed E-state index contributed by atoms with van der Waals surface area (Å²) >= 11 is 3.37. The molecule has 0 aliphatic carbocycles. The van der Waals surface area contributed by atoms with Gasteiger partial charge in [0.2, 0.25) is 0 Å². The summed E-state index contributed by atoms with van der Waals surface area (Å²) in [7, 11) is 0. The van der Waals surface area contributed by atoms with E-state index in [2.05, 4.69) is 20.9 Å². The quantitative estimate of drug-likeness (QED) is 0.712. The number of aryl methyl sites for hydroxylation is 1. The van der Waals surface area contributed by atoms with Gasteiger partial charge in [0.05, 0.1) is 16.8 Å². The molecule has 0 amide bonds. The van der Waals surface area contributed by atoms with Crippen LogP contribution in [0.1, 0.15) is 24.0 Å². The Morgan fingerprint density at radius 1 is 1.36 bits per heavy atom. The molecule has 2 heterocycles. The molecule has 112 valence electrons. The van der Waals surface area contributed by atoms with Crippen LogP contribution in [0, 0.1) is 6.92 Å². The molecule has 3 rings (SSSR count). The number of hydrogen-bond acceptors (Lipinski definition) is 3. The van der Waals surface area contributed by atoms with Gasteiger partial charge in [-0.3, -0.25) is 14.0 Å². The average Bonchev–Trinajstić information content (AvgIpc) is 2.47. The van der Waals surface area contributed by atoms with Crippen molar-refractivity contribution in [2.75, 3.05) is 0 Å². The van der Waals surface area contributed by atoms with Crippen molar-refractivity contribution < 1.29 is 9.90 Å².